The third-order valence-electron chi connectivity index (χ3n) is 6.09. The Bertz CT molecular complexity index is 1610. The van der Waals surface area contributed by atoms with Gasteiger partial charge in [-0.25, -0.2) is 38.4 Å². The van der Waals surface area contributed by atoms with Crippen LogP contribution >= 0.6 is 0 Å². The predicted octanol–water partition coefficient (Wildman–Crippen LogP) is 1.46. The number of ether oxygens (including phenoxy) is 8. The van der Waals surface area contributed by atoms with Crippen molar-refractivity contribution in [2.24, 2.45) is 11.8 Å². The third-order valence-corrected chi connectivity index (χ3v) is 6.09. The minimum absolute atomic E-state index is 0.165. The van der Waals surface area contributed by atoms with E-state index in [9.17, 15) is 53.1 Å². The predicted molar refractivity (Wildman–Crippen MR) is 222 cm³/mol. The highest BCUT2D eigenvalue weighted by Crippen LogP contribution is 2.05. The van der Waals surface area contributed by atoms with Gasteiger partial charge in [-0.3, -0.25) is 9.59 Å². The molecule has 0 atom stereocenters. The number of aliphatic carboxylic acids is 2. The molecule has 0 fully saturated rings. The summed E-state index contributed by atoms with van der Waals surface area (Å²) < 4.78 is 36.7. The topological polar surface area (TPSA) is 325 Å². The van der Waals surface area contributed by atoms with Crippen LogP contribution < -0.4 is 0 Å². The van der Waals surface area contributed by atoms with Crippen LogP contribution in [0.4, 0.5) is 0 Å². The highest BCUT2D eigenvalue weighted by Gasteiger charge is 2.23. The van der Waals surface area contributed by atoms with Gasteiger partial charge in [0.15, 0.2) is 0 Å². The maximum atomic E-state index is 11.1. The molecular formula is C42H56O22. The number of carboxylic acid groups (broad SMARTS) is 2. The second-order valence-corrected chi connectivity index (χ2v) is 12.2. The van der Waals surface area contributed by atoms with Crippen molar-refractivity contribution in [2.45, 2.75) is 39.9 Å². The largest absolute Gasteiger partial charge is 0.481 e. The molecule has 4 N–H and O–H groups in total. The highest BCUT2D eigenvalue weighted by atomic mass is 16.6. The summed E-state index contributed by atoms with van der Waals surface area (Å²) in [6.07, 6.45) is 1.68. The van der Waals surface area contributed by atoms with Gasteiger partial charge in [0.1, 0.15) is 76.9 Å². The van der Waals surface area contributed by atoms with Crippen LogP contribution in [0.25, 0.3) is 0 Å². The molecule has 0 spiro atoms. The Kier molecular flexibility index (Phi) is 36.8. The Morgan fingerprint density at radius 1 is 0.375 bits per heavy atom. The van der Waals surface area contributed by atoms with Crippen molar-refractivity contribution < 1.29 is 106 Å². The molecule has 0 aliphatic heterocycles. The molecule has 0 aliphatic carbocycles. The van der Waals surface area contributed by atoms with E-state index in [1.165, 1.54) is 27.7 Å². The Balaban J connectivity index is -0.000000376. The average Bonchev–Trinajstić information content (AvgIpc) is 3.24. The second kappa shape index (κ2) is 37.3. The van der Waals surface area contributed by atoms with Gasteiger partial charge in [0.25, 0.3) is 0 Å². The summed E-state index contributed by atoms with van der Waals surface area (Å²) in [5.41, 5.74) is 0.813. The maximum Gasteiger partial charge on any atom is 0.333 e. The zero-order valence-electron chi connectivity index (χ0n) is 36.1. The van der Waals surface area contributed by atoms with Crippen LogP contribution in [-0.4, -0.2) is 145 Å². The molecule has 22 heteroatoms. The van der Waals surface area contributed by atoms with Crippen molar-refractivity contribution >= 4 is 59.7 Å². The minimum atomic E-state index is -1.23. The number of hydrogen-bond acceptors (Lipinski definition) is 20. The Labute approximate surface area is 369 Å². The first kappa shape index (κ1) is 63.2. The lowest BCUT2D eigenvalue weighted by molar-refractivity contribution is -0.156. The maximum absolute atomic E-state index is 11.1. The van der Waals surface area contributed by atoms with Crippen LogP contribution in [0.1, 0.15) is 27.7 Å². The van der Waals surface area contributed by atoms with Crippen LogP contribution in [0, 0.1) is 11.8 Å². The quantitative estimate of drug-likeness (QED) is 0.0542. The van der Waals surface area contributed by atoms with Crippen molar-refractivity contribution in [1.82, 2.24) is 0 Å². The molecule has 0 aliphatic rings. The lowest BCUT2D eigenvalue weighted by Crippen LogP contribution is -2.28. The Hall–Kier alpha value is -7.46. The van der Waals surface area contributed by atoms with Gasteiger partial charge >= 0.3 is 59.7 Å². The fourth-order valence-electron chi connectivity index (χ4n) is 2.62. The molecule has 0 saturated carbocycles. The number of hydrogen-bond donors (Lipinski definition) is 4. The van der Waals surface area contributed by atoms with E-state index in [1.807, 2.05) is 0 Å². The number of rotatable bonds is 26. The van der Waals surface area contributed by atoms with E-state index in [0.717, 1.165) is 24.3 Å². The van der Waals surface area contributed by atoms with Gasteiger partial charge in [0.05, 0.1) is 0 Å². The summed E-state index contributed by atoms with van der Waals surface area (Å²) in [4.78, 5) is 108. The van der Waals surface area contributed by atoms with Crippen LogP contribution in [0.5, 0.6) is 0 Å². The number of carboxylic acids is 2. The number of aliphatic hydroxyl groups is 2. The molecule has 0 heterocycles. The summed E-state index contributed by atoms with van der Waals surface area (Å²) in [7, 11) is 0. The van der Waals surface area contributed by atoms with Gasteiger partial charge in [0.2, 0.25) is 0 Å². The lowest BCUT2D eigenvalue weighted by atomic mass is 10.2. The Morgan fingerprint density at radius 3 is 0.734 bits per heavy atom. The first-order chi connectivity index (χ1) is 29.7. The van der Waals surface area contributed by atoms with Gasteiger partial charge in [0, 0.05) is 46.6 Å². The zero-order chi connectivity index (χ0) is 50.5. The second-order valence-electron chi connectivity index (χ2n) is 12.2. The molecule has 0 unspecified atom stereocenters. The van der Waals surface area contributed by atoms with E-state index in [4.69, 9.17) is 15.3 Å². The number of esters is 8. The SMILES string of the molecule is C=C(C)C(=O)OCC(COC(=O)C(=C)C)C(=O)O.C=C(C)C(=O)OCC(O)COC(=O)C(=C)C.C=CC(=O)OCC(COC(=O)C=C)C(=O)O.C=CC(=O)OCC(O)COC(=O)C=C. The highest BCUT2D eigenvalue weighted by molar-refractivity contribution is 5.89. The molecule has 0 radical (unpaired) electrons. The van der Waals surface area contributed by atoms with Crippen molar-refractivity contribution in [1.29, 1.82) is 0 Å². The van der Waals surface area contributed by atoms with E-state index < -0.39 is 83.7 Å². The first-order valence-corrected chi connectivity index (χ1v) is 18.0. The van der Waals surface area contributed by atoms with Crippen LogP contribution in [-0.2, 0) is 85.8 Å². The number of aliphatic hydroxyl groups excluding tert-OH is 2. The lowest BCUT2D eigenvalue weighted by Gasteiger charge is -2.13. The molecule has 64 heavy (non-hydrogen) atoms. The molecule has 0 amide bonds. The van der Waals surface area contributed by atoms with Gasteiger partial charge in [-0.05, 0) is 27.7 Å². The monoisotopic (exact) mass is 912 g/mol. The van der Waals surface area contributed by atoms with Gasteiger partial charge in [-0.15, -0.1) is 0 Å². The minimum Gasteiger partial charge on any atom is -0.481 e. The molecular weight excluding hydrogens is 856 g/mol. The van der Waals surface area contributed by atoms with Crippen LogP contribution in [0.15, 0.2) is 99.2 Å². The molecule has 0 aromatic rings. The molecule has 0 aromatic carbocycles. The standard InChI is InChI=1S/C12H16O6.C11H16O5.C10H12O6.C9H12O5/c1-7(2)11(15)17-5-9(10(13)14)6-18-12(16)8(3)4;1-7(2)10(13)15-5-9(12)6-16-11(14)8(3)4;1-3-8(11)15-5-7(10(13)14)6-16-9(12)4-2;1-3-8(11)13-5-7(10)6-14-9(12)4-2/h9H,1,3,5-6H2,2,4H3,(H,13,14);9,12H,1,3,5-6H2,2,4H3;3-4,7H,1-2,5-6H2,(H,13,14);3-4,7,10H,1-2,5-6H2. The summed E-state index contributed by atoms with van der Waals surface area (Å²) in [5.74, 6) is -9.98. The van der Waals surface area contributed by atoms with E-state index in [0.29, 0.717) is 0 Å². The number of carbonyl (C=O) groups excluding carboxylic acids is 8. The van der Waals surface area contributed by atoms with E-state index in [1.54, 1.807) is 0 Å². The van der Waals surface area contributed by atoms with E-state index in [2.05, 4.69) is 90.5 Å². The molecule has 0 saturated heterocycles. The summed E-state index contributed by atoms with van der Waals surface area (Å²) in [6, 6.07) is 0. The van der Waals surface area contributed by atoms with Crippen molar-refractivity contribution in [3.8, 4) is 0 Å². The molecule has 22 nitrogen and oxygen atoms in total. The van der Waals surface area contributed by atoms with Crippen LogP contribution in [0.2, 0.25) is 0 Å². The summed E-state index contributed by atoms with van der Waals surface area (Å²) in [6.45, 7) is 29.5. The Morgan fingerprint density at radius 2 is 0.547 bits per heavy atom. The van der Waals surface area contributed by atoms with Gasteiger partial charge < -0.3 is 58.3 Å². The van der Waals surface area contributed by atoms with E-state index in [-0.39, 0.29) is 75.1 Å². The zero-order valence-corrected chi connectivity index (χ0v) is 36.1. The van der Waals surface area contributed by atoms with Gasteiger partial charge in [-0.2, -0.15) is 0 Å². The normalized spacial score (nSPS) is 9.53. The smallest absolute Gasteiger partial charge is 0.333 e. The van der Waals surface area contributed by atoms with E-state index >= 15 is 0 Å². The van der Waals surface area contributed by atoms with Gasteiger partial charge in [-0.1, -0.05) is 52.6 Å². The van der Waals surface area contributed by atoms with Crippen molar-refractivity contribution in [3.05, 3.63) is 99.2 Å². The molecule has 0 rings (SSSR count). The molecule has 0 aromatic heterocycles. The molecule has 0 bridgehead atoms. The fourth-order valence-corrected chi connectivity index (χ4v) is 2.62. The third kappa shape index (κ3) is 37.5. The van der Waals surface area contributed by atoms with Crippen molar-refractivity contribution in [3.63, 3.8) is 0 Å². The number of carbonyl (C=O) groups is 10. The van der Waals surface area contributed by atoms with Crippen molar-refractivity contribution in [2.75, 3.05) is 52.9 Å². The fraction of sp³-hybridized carbons (Fsp3) is 0.381. The average molecular weight is 913 g/mol. The summed E-state index contributed by atoms with van der Waals surface area (Å²) >= 11 is 0. The summed E-state index contributed by atoms with van der Waals surface area (Å²) in [5, 5.41) is 36.0. The van der Waals surface area contributed by atoms with Crippen LogP contribution in [0.3, 0.4) is 0 Å². The first-order valence-electron chi connectivity index (χ1n) is 18.0. The molecule has 356 valence electrons.